The fourth-order valence-electron chi connectivity index (χ4n) is 4.81. The predicted molar refractivity (Wildman–Crippen MR) is 80.7 cm³/mol. The fourth-order valence-corrected chi connectivity index (χ4v) is 4.81. The quantitative estimate of drug-likeness (QED) is 0.889. The third-order valence-electron chi connectivity index (χ3n) is 5.85. The van der Waals surface area contributed by atoms with Crippen molar-refractivity contribution in [2.75, 3.05) is 6.61 Å². The Morgan fingerprint density at radius 3 is 2.95 bits per heavy atom. The van der Waals surface area contributed by atoms with E-state index in [1.165, 1.54) is 31.2 Å². The van der Waals surface area contributed by atoms with Crippen molar-refractivity contribution in [3.63, 3.8) is 0 Å². The smallest absolute Gasteiger partial charge is 0.0685 e. The third-order valence-corrected chi connectivity index (χ3v) is 5.85. The fraction of sp³-hybridized carbons (Fsp3) is 0.667. The standard InChI is InChI=1S/C18H25NO/c1-18(2)16(14-10-11-20-17(14)18)19-15-9-5-7-12-6-3-4-8-13(12)15/h3-4,6,8,14-17,19H,5,7,9-11H2,1-2H3. The number of hydrogen-bond donors (Lipinski definition) is 1. The summed E-state index contributed by atoms with van der Waals surface area (Å²) in [5, 5.41) is 3.99. The minimum Gasteiger partial charge on any atom is -0.377 e. The Morgan fingerprint density at radius 1 is 1.20 bits per heavy atom. The summed E-state index contributed by atoms with van der Waals surface area (Å²) in [6, 6.07) is 10.1. The van der Waals surface area contributed by atoms with E-state index in [-0.39, 0.29) is 5.41 Å². The van der Waals surface area contributed by atoms with Crippen LogP contribution in [-0.2, 0) is 11.2 Å². The summed E-state index contributed by atoms with van der Waals surface area (Å²) in [6.45, 7) is 5.69. The lowest BCUT2D eigenvalue weighted by atomic mass is 9.57. The average Bonchev–Trinajstić information content (AvgIpc) is 2.92. The molecule has 1 aromatic carbocycles. The summed E-state index contributed by atoms with van der Waals surface area (Å²) in [7, 11) is 0. The molecule has 0 radical (unpaired) electrons. The molecule has 2 heteroatoms. The highest BCUT2D eigenvalue weighted by Gasteiger charge is 2.59. The summed E-state index contributed by atoms with van der Waals surface area (Å²) in [5.41, 5.74) is 3.37. The molecule has 4 rings (SSSR count). The van der Waals surface area contributed by atoms with Crippen molar-refractivity contribution >= 4 is 0 Å². The van der Waals surface area contributed by atoms with Crippen LogP contribution in [0.4, 0.5) is 0 Å². The van der Waals surface area contributed by atoms with Gasteiger partial charge in [-0.25, -0.2) is 0 Å². The van der Waals surface area contributed by atoms with E-state index in [9.17, 15) is 0 Å². The molecule has 0 bridgehead atoms. The summed E-state index contributed by atoms with van der Waals surface area (Å²) >= 11 is 0. The number of ether oxygens (including phenoxy) is 1. The van der Waals surface area contributed by atoms with Crippen LogP contribution >= 0.6 is 0 Å². The van der Waals surface area contributed by atoms with Gasteiger partial charge in [0.15, 0.2) is 0 Å². The van der Waals surface area contributed by atoms with Crippen LogP contribution in [0.1, 0.15) is 50.3 Å². The first-order valence-corrected chi connectivity index (χ1v) is 8.13. The predicted octanol–water partition coefficient (Wildman–Crippen LogP) is 3.47. The Hall–Kier alpha value is -0.860. The van der Waals surface area contributed by atoms with E-state index >= 15 is 0 Å². The Morgan fingerprint density at radius 2 is 2.05 bits per heavy atom. The molecule has 20 heavy (non-hydrogen) atoms. The van der Waals surface area contributed by atoms with Crippen molar-refractivity contribution < 1.29 is 4.74 Å². The van der Waals surface area contributed by atoms with Gasteiger partial charge in [-0.15, -0.1) is 0 Å². The topological polar surface area (TPSA) is 21.3 Å². The first-order valence-electron chi connectivity index (χ1n) is 8.13. The average molecular weight is 271 g/mol. The monoisotopic (exact) mass is 271 g/mol. The second-order valence-electron chi connectivity index (χ2n) is 7.35. The lowest BCUT2D eigenvalue weighted by molar-refractivity contribution is -0.116. The molecule has 4 atom stereocenters. The highest BCUT2D eigenvalue weighted by atomic mass is 16.5. The minimum absolute atomic E-state index is 0.285. The summed E-state index contributed by atoms with van der Waals surface area (Å²) < 4.78 is 5.92. The number of fused-ring (bicyclic) bond motifs is 2. The SMILES string of the molecule is CC1(C)C(NC2CCCc3ccccc32)C2CCOC21. The van der Waals surface area contributed by atoms with Crippen molar-refractivity contribution in [1.29, 1.82) is 0 Å². The van der Waals surface area contributed by atoms with Gasteiger partial charge < -0.3 is 10.1 Å². The molecule has 108 valence electrons. The molecule has 4 unspecified atom stereocenters. The van der Waals surface area contributed by atoms with Crippen LogP contribution in [0.3, 0.4) is 0 Å². The number of rotatable bonds is 2. The van der Waals surface area contributed by atoms with Crippen molar-refractivity contribution in [2.24, 2.45) is 11.3 Å². The number of hydrogen-bond acceptors (Lipinski definition) is 2. The maximum Gasteiger partial charge on any atom is 0.0685 e. The van der Waals surface area contributed by atoms with Crippen LogP contribution in [0.25, 0.3) is 0 Å². The van der Waals surface area contributed by atoms with Gasteiger partial charge in [-0.3, -0.25) is 0 Å². The summed E-state index contributed by atoms with van der Waals surface area (Å²) in [4.78, 5) is 0. The van der Waals surface area contributed by atoms with Gasteiger partial charge >= 0.3 is 0 Å². The van der Waals surface area contributed by atoms with E-state index in [4.69, 9.17) is 4.74 Å². The largest absolute Gasteiger partial charge is 0.377 e. The molecule has 0 spiro atoms. The van der Waals surface area contributed by atoms with Crippen LogP contribution < -0.4 is 5.32 Å². The molecule has 1 heterocycles. The van der Waals surface area contributed by atoms with Gasteiger partial charge in [0.25, 0.3) is 0 Å². The number of nitrogens with one attached hydrogen (secondary N) is 1. The summed E-state index contributed by atoms with van der Waals surface area (Å²) in [5.74, 6) is 0.735. The van der Waals surface area contributed by atoms with Gasteiger partial charge in [-0.1, -0.05) is 38.1 Å². The van der Waals surface area contributed by atoms with E-state index < -0.39 is 0 Å². The van der Waals surface area contributed by atoms with Gasteiger partial charge in [0.1, 0.15) is 0 Å². The molecule has 0 aromatic heterocycles. The highest BCUT2D eigenvalue weighted by molar-refractivity contribution is 5.32. The number of benzene rings is 1. The van der Waals surface area contributed by atoms with Crippen molar-refractivity contribution in [3.05, 3.63) is 35.4 Å². The zero-order valence-electron chi connectivity index (χ0n) is 12.6. The first kappa shape index (κ1) is 12.8. The van der Waals surface area contributed by atoms with E-state index in [1.54, 1.807) is 5.56 Å². The molecule has 0 amide bonds. The number of aryl methyl sites for hydroxylation is 1. The van der Waals surface area contributed by atoms with E-state index in [0.717, 1.165) is 12.5 Å². The summed E-state index contributed by atoms with van der Waals surface area (Å²) in [6.07, 6.45) is 5.56. The second-order valence-corrected chi connectivity index (χ2v) is 7.35. The van der Waals surface area contributed by atoms with Gasteiger partial charge in [0, 0.05) is 30.0 Å². The second kappa shape index (κ2) is 4.57. The zero-order chi connectivity index (χ0) is 13.7. The van der Waals surface area contributed by atoms with Crippen LogP contribution in [-0.4, -0.2) is 18.8 Å². The molecule has 2 fully saturated rings. The molecule has 1 N–H and O–H groups in total. The molecule has 1 saturated heterocycles. The van der Waals surface area contributed by atoms with E-state index in [1.807, 2.05) is 0 Å². The molecule has 3 aliphatic rings. The van der Waals surface area contributed by atoms with Gasteiger partial charge in [0.2, 0.25) is 0 Å². The lowest BCUT2D eigenvalue weighted by Gasteiger charge is -2.56. The van der Waals surface area contributed by atoms with Crippen LogP contribution in [0.15, 0.2) is 24.3 Å². The normalized spacial score (nSPS) is 37.9. The van der Waals surface area contributed by atoms with Gasteiger partial charge in [-0.2, -0.15) is 0 Å². The van der Waals surface area contributed by atoms with Gasteiger partial charge in [0.05, 0.1) is 6.10 Å². The Labute approximate surface area is 121 Å². The maximum atomic E-state index is 5.92. The zero-order valence-corrected chi connectivity index (χ0v) is 12.6. The molecule has 2 nitrogen and oxygen atoms in total. The van der Waals surface area contributed by atoms with Crippen molar-refractivity contribution in [1.82, 2.24) is 5.32 Å². The van der Waals surface area contributed by atoms with Crippen LogP contribution in [0.2, 0.25) is 0 Å². The molecular weight excluding hydrogens is 246 g/mol. The lowest BCUT2D eigenvalue weighted by Crippen LogP contribution is -2.66. The van der Waals surface area contributed by atoms with Crippen molar-refractivity contribution in [2.45, 2.75) is 57.7 Å². The Kier molecular flexibility index (Phi) is 2.94. The molecule has 1 saturated carbocycles. The first-order chi connectivity index (χ1) is 9.68. The molecule has 1 aromatic rings. The Bertz CT molecular complexity index is 510. The Balaban J connectivity index is 1.56. The van der Waals surface area contributed by atoms with Crippen molar-refractivity contribution in [3.8, 4) is 0 Å². The third kappa shape index (κ3) is 1.78. The maximum absolute atomic E-state index is 5.92. The van der Waals surface area contributed by atoms with E-state index in [2.05, 4.69) is 43.4 Å². The molecule has 1 aliphatic heterocycles. The van der Waals surface area contributed by atoms with Gasteiger partial charge in [-0.05, 0) is 36.8 Å². The van der Waals surface area contributed by atoms with Crippen LogP contribution in [0, 0.1) is 11.3 Å². The highest BCUT2D eigenvalue weighted by Crippen LogP contribution is 2.53. The van der Waals surface area contributed by atoms with E-state index in [0.29, 0.717) is 18.2 Å². The van der Waals surface area contributed by atoms with Crippen LogP contribution in [0.5, 0.6) is 0 Å². The molecule has 2 aliphatic carbocycles. The minimum atomic E-state index is 0.285. The molecular formula is C18H25NO.